The smallest absolute Gasteiger partial charge is 0.314 e. The minimum atomic E-state index is -0.345. The van der Waals surface area contributed by atoms with E-state index in [0.29, 0.717) is 11.8 Å². The maximum absolute atomic E-state index is 12.8. The van der Waals surface area contributed by atoms with Crippen LogP contribution < -0.4 is 11.1 Å². The number of nitrogens with zero attached hydrogens (tertiary/aromatic N) is 3. The van der Waals surface area contributed by atoms with E-state index < -0.39 is 0 Å². The number of anilines is 3. The monoisotopic (exact) mass is 391 g/mol. The lowest BCUT2D eigenvalue weighted by atomic mass is 9.86. The number of nitrogens with two attached hydrogens (primary N) is 1. The van der Waals surface area contributed by atoms with Gasteiger partial charge in [-0.05, 0) is 23.6 Å². The number of carbonyl (C=O) groups excluding carboxylic acids is 1. The molecule has 3 rings (SSSR count). The van der Waals surface area contributed by atoms with Crippen molar-refractivity contribution in [3.63, 3.8) is 0 Å². The number of benzene rings is 2. The van der Waals surface area contributed by atoms with Crippen molar-refractivity contribution in [2.24, 2.45) is 5.92 Å². The van der Waals surface area contributed by atoms with Gasteiger partial charge < -0.3 is 15.8 Å². The van der Waals surface area contributed by atoms with Gasteiger partial charge >= 0.3 is 5.97 Å². The van der Waals surface area contributed by atoms with Gasteiger partial charge in [0.15, 0.2) is 12.4 Å². The molecule has 29 heavy (non-hydrogen) atoms. The van der Waals surface area contributed by atoms with Gasteiger partial charge in [-0.2, -0.15) is 15.0 Å². The van der Waals surface area contributed by atoms with Crippen LogP contribution in [0, 0.1) is 5.92 Å². The van der Waals surface area contributed by atoms with Crippen molar-refractivity contribution in [1.29, 1.82) is 0 Å². The highest BCUT2D eigenvalue weighted by Gasteiger charge is 2.27. The molecule has 3 N–H and O–H groups in total. The minimum Gasteiger partial charge on any atom is -0.457 e. The van der Waals surface area contributed by atoms with Crippen molar-refractivity contribution in [3.05, 3.63) is 72.1 Å². The fraction of sp³-hybridized carbons (Fsp3) is 0.273. The van der Waals surface area contributed by atoms with Crippen LogP contribution in [0.1, 0.15) is 37.6 Å². The van der Waals surface area contributed by atoms with Crippen LogP contribution in [0.15, 0.2) is 60.7 Å². The summed E-state index contributed by atoms with van der Waals surface area (Å²) in [6.45, 7) is 4.03. The van der Waals surface area contributed by atoms with Gasteiger partial charge in [0, 0.05) is 5.69 Å². The standard InChI is InChI=1S/C22H25N5O2/c1-3-15(2)19(16-10-6-4-7-11-16)20(28)29-14-18-25-21(23)27-22(26-18)24-17-12-8-5-9-13-17/h4-13,15,19H,3,14H2,1-2H3,(H3,23,24,25,26,27)/t15-,19-/m0/s1. The van der Waals surface area contributed by atoms with E-state index in [1.54, 1.807) is 0 Å². The second-order valence-corrected chi connectivity index (χ2v) is 6.81. The number of ether oxygens (including phenoxy) is 1. The van der Waals surface area contributed by atoms with E-state index in [4.69, 9.17) is 10.5 Å². The van der Waals surface area contributed by atoms with Crippen molar-refractivity contribution in [3.8, 4) is 0 Å². The van der Waals surface area contributed by atoms with Crippen molar-refractivity contribution < 1.29 is 9.53 Å². The van der Waals surface area contributed by atoms with E-state index in [0.717, 1.165) is 17.7 Å². The molecule has 2 atom stereocenters. The van der Waals surface area contributed by atoms with Gasteiger partial charge in [0.25, 0.3) is 0 Å². The Morgan fingerprint density at radius 2 is 1.69 bits per heavy atom. The third-order valence-corrected chi connectivity index (χ3v) is 4.70. The Morgan fingerprint density at radius 1 is 1.03 bits per heavy atom. The lowest BCUT2D eigenvalue weighted by molar-refractivity contribution is -0.148. The molecule has 0 aliphatic carbocycles. The Morgan fingerprint density at radius 3 is 2.34 bits per heavy atom. The largest absolute Gasteiger partial charge is 0.457 e. The predicted molar refractivity (Wildman–Crippen MR) is 112 cm³/mol. The van der Waals surface area contributed by atoms with Crippen LogP contribution in [-0.4, -0.2) is 20.9 Å². The average Bonchev–Trinajstić information content (AvgIpc) is 2.73. The maximum atomic E-state index is 12.8. The van der Waals surface area contributed by atoms with Gasteiger partial charge in [-0.3, -0.25) is 4.79 Å². The SMILES string of the molecule is CC[C@H](C)[C@H](C(=O)OCc1nc(N)nc(Nc2ccccc2)n1)c1ccccc1. The van der Waals surface area contributed by atoms with E-state index in [9.17, 15) is 4.79 Å². The van der Waals surface area contributed by atoms with Crippen LogP contribution in [0.2, 0.25) is 0 Å². The summed E-state index contributed by atoms with van der Waals surface area (Å²) < 4.78 is 5.55. The summed E-state index contributed by atoms with van der Waals surface area (Å²) in [7, 11) is 0. The van der Waals surface area contributed by atoms with Gasteiger partial charge in [0.2, 0.25) is 11.9 Å². The van der Waals surface area contributed by atoms with Gasteiger partial charge in [-0.25, -0.2) is 0 Å². The summed E-state index contributed by atoms with van der Waals surface area (Å²) in [5.74, 6) is 0.149. The molecular formula is C22H25N5O2. The number of hydrogen-bond donors (Lipinski definition) is 2. The number of para-hydroxylation sites is 1. The molecule has 3 aromatic rings. The third-order valence-electron chi connectivity index (χ3n) is 4.70. The lowest BCUT2D eigenvalue weighted by Crippen LogP contribution is -2.22. The Bertz CT molecular complexity index is 934. The van der Waals surface area contributed by atoms with Gasteiger partial charge in [0.1, 0.15) is 0 Å². The van der Waals surface area contributed by atoms with E-state index in [-0.39, 0.29) is 30.4 Å². The molecule has 0 amide bonds. The first-order chi connectivity index (χ1) is 14.1. The first kappa shape index (κ1) is 20.3. The van der Waals surface area contributed by atoms with Crippen LogP contribution in [0.5, 0.6) is 0 Å². The molecule has 0 saturated heterocycles. The molecule has 0 radical (unpaired) electrons. The highest BCUT2D eigenvalue weighted by molar-refractivity contribution is 5.78. The molecule has 0 aliphatic rings. The second-order valence-electron chi connectivity index (χ2n) is 6.81. The lowest BCUT2D eigenvalue weighted by Gasteiger charge is -2.21. The molecule has 0 unspecified atom stereocenters. The average molecular weight is 391 g/mol. The molecule has 7 nitrogen and oxygen atoms in total. The number of nitrogen functional groups attached to an aromatic ring is 1. The van der Waals surface area contributed by atoms with Crippen molar-refractivity contribution in [2.75, 3.05) is 11.1 Å². The molecule has 150 valence electrons. The first-order valence-electron chi connectivity index (χ1n) is 9.61. The Hall–Kier alpha value is -3.48. The quantitative estimate of drug-likeness (QED) is 0.558. The zero-order valence-corrected chi connectivity index (χ0v) is 16.6. The fourth-order valence-electron chi connectivity index (χ4n) is 3.03. The first-order valence-corrected chi connectivity index (χ1v) is 9.61. The number of nitrogens with one attached hydrogen (secondary N) is 1. The Kier molecular flexibility index (Phi) is 6.73. The topological polar surface area (TPSA) is 103 Å². The highest BCUT2D eigenvalue weighted by Crippen LogP contribution is 2.28. The van der Waals surface area contributed by atoms with Crippen LogP contribution in [0.4, 0.5) is 17.6 Å². The third kappa shape index (κ3) is 5.51. The van der Waals surface area contributed by atoms with Crippen molar-refractivity contribution in [2.45, 2.75) is 32.8 Å². The molecule has 1 aromatic heterocycles. The zero-order chi connectivity index (χ0) is 20.6. The normalized spacial score (nSPS) is 12.8. The van der Waals surface area contributed by atoms with Crippen LogP contribution in [0.3, 0.4) is 0 Å². The Balaban J connectivity index is 1.71. The van der Waals surface area contributed by atoms with E-state index in [1.807, 2.05) is 67.6 Å². The van der Waals surface area contributed by atoms with Crippen LogP contribution in [0.25, 0.3) is 0 Å². The maximum Gasteiger partial charge on any atom is 0.314 e. The molecule has 0 aliphatic heterocycles. The van der Waals surface area contributed by atoms with Gasteiger partial charge in [-0.1, -0.05) is 68.8 Å². The van der Waals surface area contributed by atoms with E-state index >= 15 is 0 Å². The number of hydrogen-bond acceptors (Lipinski definition) is 7. The zero-order valence-electron chi connectivity index (χ0n) is 16.6. The number of carbonyl (C=O) groups is 1. The van der Waals surface area contributed by atoms with Crippen molar-refractivity contribution >= 4 is 23.6 Å². The molecule has 0 spiro atoms. The Labute approximate surface area is 170 Å². The summed E-state index contributed by atoms with van der Waals surface area (Å²) in [5.41, 5.74) is 7.56. The summed E-state index contributed by atoms with van der Waals surface area (Å²) in [4.78, 5) is 25.3. The molecule has 1 heterocycles. The van der Waals surface area contributed by atoms with E-state index in [1.165, 1.54) is 0 Å². The highest BCUT2D eigenvalue weighted by atomic mass is 16.5. The summed E-state index contributed by atoms with van der Waals surface area (Å²) in [6, 6.07) is 19.1. The fourth-order valence-corrected chi connectivity index (χ4v) is 3.03. The van der Waals surface area contributed by atoms with Crippen LogP contribution >= 0.6 is 0 Å². The molecule has 2 aromatic carbocycles. The molecule has 0 saturated carbocycles. The number of aromatic nitrogens is 3. The molecule has 0 bridgehead atoms. The molecular weight excluding hydrogens is 366 g/mol. The second kappa shape index (κ2) is 9.64. The van der Waals surface area contributed by atoms with E-state index in [2.05, 4.69) is 27.2 Å². The molecule has 0 fully saturated rings. The van der Waals surface area contributed by atoms with Gasteiger partial charge in [0.05, 0.1) is 5.92 Å². The summed E-state index contributed by atoms with van der Waals surface area (Å²) >= 11 is 0. The minimum absolute atomic E-state index is 0.0611. The summed E-state index contributed by atoms with van der Waals surface area (Å²) in [5, 5.41) is 3.07. The predicted octanol–water partition coefficient (Wildman–Crippen LogP) is 4.07. The van der Waals surface area contributed by atoms with Gasteiger partial charge in [-0.15, -0.1) is 0 Å². The number of esters is 1. The molecule has 7 heteroatoms. The summed E-state index contributed by atoms with van der Waals surface area (Å²) in [6.07, 6.45) is 0.860. The van der Waals surface area contributed by atoms with Crippen LogP contribution in [-0.2, 0) is 16.1 Å². The van der Waals surface area contributed by atoms with Crippen molar-refractivity contribution in [1.82, 2.24) is 15.0 Å². The number of rotatable bonds is 8.